The van der Waals surface area contributed by atoms with E-state index in [4.69, 9.17) is 18.9 Å². The summed E-state index contributed by atoms with van der Waals surface area (Å²) in [5, 5.41) is 2.80. The van der Waals surface area contributed by atoms with Crippen molar-refractivity contribution in [3.63, 3.8) is 0 Å². The van der Waals surface area contributed by atoms with E-state index in [2.05, 4.69) is 5.32 Å². The van der Waals surface area contributed by atoms with Crippen molar-refractivity contribution in [2.45, 2.75) is 13.8 Å². The molecule has 1 aliphatic heterocycles. The van der Waals surface area contributed by atoms with E-state index in [0.29, 0.717) is 41.9 Å². The van der Waals surface area contributed by atoms with Gasteiger partial charge in [0.15, 0.2) is 23.0 Å². The summed E-state index contributed by atoms with van der Waals surface area (Å²) in [5.41, 5.74) is 1.49. The van der Waals surface area contributed by atoms with Crippen LogP contribution < -0.4 is 24.3 Å². The Morgan fingerprint density at radius 1 is 1.04 bits per heavy atom. The van der Waals surface area contributed by atoms with Crippen LogP contribution in [0.1, 0.15) is 19.4 Å². The zero-order chi connectivity index (χ0) is 18.4. The Hall–Kier alpha value is -3.15. The Morgan fingerprint density at radius 2 is 1.81 bits per heavy atom. The molecule has 0 aliphatic carbocycles. The van der Waals surface area contributed by atoms with Crippen LogP contribution in [-0.2, 0) is 4.79 Å². The van der Waals surface area contributed by atoms with Crippen LogP contribution >= 0.6 is 0 Å². The van der Waals surface area contributed by atoms with Crippen LogP contribution in [-0.4, -0.2) is 25.9 Å². The molecular weight excluding hydrogens is 334 g/mol. The minimum Gasteiger partial charge on any atom is -0.490 e. The van der Waals surface area contributed by atoms with Crippen LogP contribution in [0.2, 0.25) is 0 Å². The first-order valence-corrected chi connectivity index (χ1v) is 8.48. The van der Waals surface area contributed by atoms with Gasteiger partial charge in [-0.15, -0.1) is 0 Å². The largest absolute Gasteiger partial charge is 0.490 e. The molecule has 0 saturated heterocycles. The second-order valence-corrected chi connectivity index (χ2v) is 5.46. The number of rotatable bonds is 7. The summed E-state index contributed by atoms with van der Waals surface area (Å²) in [6.45, 7) is 5.14. The van der Waals surface area contributed by atoms with Gasteiger partial charge >= 0.3 is 0 Å². The number of amides is 1. The molecule has 1 aliphatic rings. The lowest BCUT2D eigenvalue weighted by Gasteiger charge is -2.11. The predicted octanol–water partition coefficient (Wildman–Crippen LogP) is 3.86. The Labute approximate surface area is 152 Å². The van der Waals surface area contributed by atoms with Crippen LogP contribution in [0.3, 0.4) is 0 Å². The van der Waals surface area contributed by atoms with E-state index in [1.807, 2.05) is 32.0 Å². The molecule has 6 nitrogen and oxygen atoms in total. The number of carbonyl (C=O) groups is 1. The maximum Gasteiger partial charge on any atom is 0.248 e. The molecule has 0 atom stereocenters. The van der Waals surface area contributed by atoms with Crippen LogP contribution in [0.15, 0.2) is 42.5 Å². The number of hydrogen-bond donors (Lipinski definition) is 1. The SMILES string of the molecule is CCOc1ccc(/C=C/C(=O)Nc2ccc3c(c2)OCO3)cc1OCC. The summed E-state index contributed by atoms with van der Waals surface area (Å²) >= 11 is 0. The molecule has 0 unspecified atom stereocenters. The third kappa shape index (κ3) is 4.27. The maximum absolute atomic E-state index is 12.1. The summed E-state index contributed by atoms with van der Waals surface area (Å²) in [6, 6.07) is 10.8. The summed E-state index contributed by atoms with van der Waals surface area (Å²) in [4.78, 5) is 12.1. The highest BCUT2D eigenvalue weighted by molar-refractivity contribution is 6.02. The highest BCUT2D eigenvalue weighted by Crippen LogP contribution is 2.34. The quantitative estimate of drug-likeness (QED) is 0.764. The van der Waals surface area contributed by atoms with Gasteiger partial charge in [-0.2, -0.15) is 0 Å². The second kappa shape index (κ2) is 8.29. The fourth-order valence-corrected chi connectivity index (χ4v) is 2.50. The third-order valence-corrected chi connectivity index (χ3v) is 3.63. The van der Waals surface area contributed by atoms with Crippen LogP contribution in [0, 0.1) is 0 Å². The number of anilines is 1. The van der Waals surface area contributed by atoms with E-state index in [1.165, 1.54) is 6.08 Å². The van der Waals surface area contributed by atoms with Crippen molar-refractivity contribution in [2.24, 2.45) is 0 Å². The third-order valence-electron chi connectivity index (χ3n) is 3.63. The lowest BCUT2D eigenvalue weighted by Crippen LogP contribution is -2.07. The molecule has 1 N–H and O–H groups in total. The fourth-order valence-electron chi connectivity index (χ4n) is 2.50. The first-order valence-electron chi connectivity index (χ1n) is 8.48. The highest BCUT2D eigenvalue weighted by Gasteiger charge is 2.13. The number of carbonyl (C=O) groups excluding carboxylic acids is 1. The van der Waals surface area contributed by atoms with Crippen molar-refractivity contribution in [1.29, 1.82) is 0 Å². The molecule has 1 amide bonds. The van der Waals surface area contributed by atoms with Gasteiger partial charge in [0.25, 0.3) is 0 Å². The minimum absolute atomic E-state index is 0.201. The van der Waals surface area contributed by atoms with Crippen LogP contribution in [0.4, 0.5) is 5.69 Å². The van der Waals surface area contributed by atoms with Crippen LogP contribution in [0.5, 0.6) is 23.0 Å². The molecule has 2 aromatic carbocycles. The second-order valence-electron chi connectivity index (χ2n) is 5.46. The Bertz CT molecular complexity index is 816. The first kappa shape index (κ1) is 17.7. The number of nitrogens with one attached hydrogen (secondary N) is 1. The van der Waals surface area contributed by atoms with Crippen molar-refractivity contribution in [3.05, 3.63) is 48.0 Å². The first-order chi connectivity index (χ1) is 12.7. The smallest absolute Gasteiger partial charge is 0.248 e. The fraction of sp³-hybridized carbons (Fsp3) is 0.250. The lowest BCUT2D eigenvalue weighted by molar-refractivity contribution is -0.111. The van der Waals surface area contributed by atoms with Gasteiger partial charge in [0, 0.05) is 17.8 Å². The van der Waals surface area contributed by atoms with E-state index >= 15 is 0 Å². The molecule has 0 aromatic heterocycles. The van der Waals surface area contributed by atoms with E-state index in [0.717, 1.165) is 5.56 Å². The molecule has 0 radical (unpaired) electrons. The topological polar surface area (TPSA) is 66.0 Å². The molecule has 136 valence electrons. The van der Waals surface area contributed by atoms with E-state index in [9.17, 15) is 4.79 Å². The molecular formula is C20H21NO5. The standard InChI is InChI=1S/C20H21NO5/c1-3-23-16-8-5-14(11-18(16)24-4-2)6-10-20(22)21-15-7-9-17-19(12-15)26-13-25-17/h5-12H,3-4,13H2,1-2H3,(H,21,22)/b10-6+. The van der Waals surface area contributed by atoms with Gasteiger partial charge in [0.05, 0.1) is 13.2 Å². The molecule has 0 saturated carbocycles. The lowest BCUT2D eigenvalue weighted by atomic mass is 10.2. The van der Waals surface area contributed by atoms with Gasteiger partial charge in [-0.1, -0.05) is 6.07 Å². The van der Waals surface area contributed by atoms with Gasteiger partial charge in [-0.05, 0) is 49.8 Å². The molecule has 26 heavy (non-hydrogen) atoms. The van der Waals surface area contributed by atoms with Gasteiger partial charge in [0.2, 0.25) is 12.7 Å². The molecule has 0 bridgehead atoms. The molecule has 3 rings (SSSR count). The van der Waals surface area contributed by atoms with Crippen LogP contribution in [0.25, 0.3) is 6.08 Å². The number of benzene rings is 2. The number of ether oxygens (including phenoxy) is 4. The van der Waals surface area contributed by atoms with Crippen molar-refractivity contribution in [3.8, 4) is 23.0 Å². The summed E-state index contributed by atoms with van der Waals surface area (Å²) in [6.07, 6.45) is 3.19. The van der Waals surface area contributed by atoms with Crippen molar-refractivity contribution in [1.82, 2.24) is 0 Å². The maximum atomic E-state index is 12.1. The van der Waals surface area contributed by atoms with Gasteiger partial charge in [-0.25, -0.2) is 0 Å². The number of hydrogen-bond acceptors (Lipinski definition) is 5. The van der Waals surface area contributed by atoms with Crippen molar-refractivity contribution < 1.29 is 23.7 Å². The van der Waals surface area contributed by atoms with E-state index in [-0.39, 0.29) is 12.7 Å². The monoisotopic (exact) mass is 355 g/mol. The summed E-state index contributed by atoms with van der Waals surface area (Å²) in [7, 11) is 0. The van der Waals surface area contributed by atoms with E-state index in [1.54, 1.807) is 24.3 Å². The average Bonchev–Trinajstić information content (AvgIpc) is 3.10. The average molecular weight is 355 g/mol. The highest BCUT2D eigenvalue weighted by atomic mass is 16.7. The summed E-state index contributed by atoms with van der Waals surface area (Å²) < 4.78 is 21.7. The van der Waals surface area contributed by atoms with Crippen molar-refractivity contribution in [2.75, 3.05) is 25.3 Å². The zero-order valence-electron chi connectivity index (χ0n) is 14.8. The van der Waals surface area contributed by atoms with Gasteiger partial charge < -0.3 is 24.3 Å². The Kier molecular flexibility index (Phi) is 5.63. The Morgan fingerprint density at radius 3 is 2.62 bits per heavy atom. The van der Waals surface area contributed by atoms with Gasteiger partial charge in [-0.3, -0.25) is 4.79 Å². The molecule has 0 spiro atoms. The Balaban J connectivity index is 1.66. The molecule has 2 aromatic rings. The zero-order valence-corrected chi connectivity index (χ0v) is 14.8. The molecule has 1 heterocycles. The number of fused-ring (bicyclic) bond motifs is 1. The normalized spacial score (nSPS) is 12.2. The summed E-state index contributed by atoms with van der Waals surface area (Å²) in [5.74, 6) is 2.41. The van der Waals surface area contributed by atoms with Crippen molar-refractivity contribution >= 4 is 17.7 Å². The predicted molar refractivity (Wildman–Crippen MR) is 99.0 cm³/mol. The molecule has 0 fully saturated rings. The molecule has 6 heteroatoms. The van der Waals surface area contributed by atoms with Gasteiger partial charge in [0.1, 0.15) is 0 Å². The van der Waals surface area contributed by atoms with E-state index < -0.39 is 0 Å². The minimum atomic E-state index is -0.240.